The van der Waals surface area contributed by atoms with Gasteiger partial charge in [0.2, 0.25) is 11.7 Å². The average molecular weight is 386 g/mol. The van der Waals surface area contributed by atoms with E-state index in [9.17, 15) is 9.18 Å². The van der Waals surface area contributed by atoms with Crippen molar-refractivity contribution in [2.45, 2.75) is 18.8 Å². The van der Waals surface area contributed by atoms with E-state index in [1.165, 1.54) is 12.1 Å². The van der Waals surface area contributed by atoms with Gasteiger partial charge in [0.25, 0.3) is 5.91 Å². The molecule has 0 unspecified atom stereocenters. The molecular weight excluding hydrogens is 369 g/mol. The molecule has 0 bridgehead atoms. The van der Waals surface area contributed by atoms with Crippen LogP contribution in [0, 0.1) is 5.82 Å². The number of benzene rings is 2. The predicted molar refractivity (Wildman–Crippen MR) is 99.0 cm³/mol. The molecule has 0 aliphatic carbocycles. The lowest BCUT2D eigenvalue weighted by atomic mass is 9.96. The summed E-state index contributed by atoms with van der Waals surface area (Å²) >= 11 is 5.97. The zero-order valence-corrected chi connectivity index (χ0v) is 15.2. The molecule has 1 aromatic heterocycles. The lowest BCUT2D eigenvalue weighted by Crippen LogP contribution is -2.38. The first-order chi connectivity index (χ1) is 13.1. The predicted octanol–water partition coefficient (Wildman–Crippen LogP) is 4.55. The van der Waals surface area contributed by atoms with Crippen LogP contribution in [0.5, 0.6) is 0 Å². The number of rotatable bonds is 3. The number of likely N-dealkylation sites (tertiary alicyclic amines) is 1. The van der Waals surface area contributed by atoms with Crippen molar-refractivity contribution in [1.82, 2.24) is 15.0 Å². The van der Waals surface area contributed by atoms with Crippen molar-refractivity contribution in [2.24, 2.45) is 0 Å². The van der Waals surface area contributed by atoms with E-state index < -0.39 is 0 Å². The number of hydrogen-bond acceptors (Lipinski definition) is 4. The Labute approximate surface area is 160 Å². The van der Waals surface area contributed by atoms with Crippen molar-refractivity contribution in [3.05, 3.63) is 70.8 Å². The minimum absolute atomic E-state index is 0.0199. The van der Waals surface area contributed by atoms with Gasteiger partial charge in [-0.05, 0) is 55.3 Å². The van der Waals surface area contributed by atoms with Gasteiger partial charge in [-0.25, -0.2) is 4.39 Å². The van der Waals surface area contributed by atoms with E-state index in [-0.39, 0.29) is 17.6 Å². The Morgan fingerprint density at radius 3 is 2.59 bits per heavy atom. The van der Waals surface area contributed by atoms with Crippen LogP contribution < -0.4 is 0 Å². The van der Waals surface area contributed by atoms with Gasteiger partial charge in [0.05, 0.1) is 0 Å². The van der Waals surface area contributed by atoms with Crippen LogP contribution in [0.25, 0.3) is 11.4 Å². The number of amides is 1. The van der Waals surface area contributed by atoms with Crippen molar-refractivity contribution < 1.29 is 13.7 Å². The van der Waals surface area contributed by atoms with Crippen LogP contribution in [-0.2, 0) is 0 Å². The first-order valence-corrected chi connectivity index (χ1v) is 9.12. The fourth-order valence-corrected chi connectivity index (χ4v) is 3.44. The third-order valence-corrected chi connectivity index (χ3v) is 4.98. The van der Waals surface area contributed by atoms with Crippen molar-refractivity contribution in [3.8, 4) is 11.4 Å². The van der Waals surface area contributed by atoms with E-state index in [0.717, 1.165) is 12.8 Å². The molecule has 5 nitrogen and oxygen atoms in total. The van der Waals surface area contributed by atoms with Crippen molar-refractivity contribution in [3.63, 3.8) is 0 Å². The molecule has 1 saturated heterocycles. The molecule has 27 heavy (non-hydrogen) atoms. The second-order valence-corrected chi connectivity index (χ2v) is 6.98. The highest BCUT2D eigenvalue weighted by molar-refractivity contribution is 6.30. The minimum Gasteiger partial charge on any atom is -0.339 e. The standard InChI is InChI=1S/C20H17ClFN3O2/c21-16-3-1-2-15(12-16)20(26)25-10-8-14(9-11-25)19-23-18(24-27-19)13-4-6-17(22)7-5-13/h1-7,12,14H,8-11H2. The molecular formula is C20H17ClFN3O2. The van der Waals surface area contributed by atoms with Gasteiger partial charge in [-0.15, -0.1) is 0 Å². The Hall–Kier alpha value is -2.73. The molecule has 1 fully saturated rings. The van der Waals surface area contributed by atoms with Crippen LogP contribution >= 0.6 is 11.6 Å². The highest BCUT2D eigenvalue weighted by Crippen LogP contribution is 2.29. The van der Waals surface area contributed by atoms with Crippen LogP contribution in [0.2, 0.25) is 5.02 Å². The summed E-state index contributed by atoms with van der Waals surface area (Å²) in [6.07, 6.45) is 1.49. The third-order valence-electron chi connectivity index (χ3n) is 4.75. The summed E-state index contributed by atoms with van der Waals surface area (Å²) in [7, 11) is 0. The number of nitrogens with zero attached hydrogens (tertiary/aromatic N) is 3. The first kappa shape index (κ1) is 17.7. The molecule has 2 heterocycles. The van der Waals surface area contributed by atoms with E-state index in [0.29, 0.717) is 41.0 Å². The van der Waals surface area contributed by atoms with Crippen LogP contribution in [0.4, 0.5) is 4.39 Å². The smallest absolute Gasteiger partial charge is 0.253 e. The highest BCUT2D eigenvalue weighted by atomic mass is 35.5. The summed E-state index contributed by atoms with van der Waals surface area (Å²) in [4.78, 5) is 18.9. The van der Waals surface area contributed by atoms with E-state index in [1.807, 2.05) is 4.90 Å². The molecule has 2 aromatic carbocycles. The molecule has 7 heteroatoms. The third kappa shape index (κ3) is 3.85. The molecule has 0 N–H and O–H groups in total. The maximum absolute atomic E-state index is 13.0. The first-order valence-electron chi connectivity index (χ1n) is 8.74. The molecule has 0 spiro atoms. The number of aromatic nitrogens is 2. The van der Waals surface area contributed by atoms with Gasteiger partial charge in [0, 0.05) is 35.2 Å². The summed E-state index contributed by atoms with van der Waals surface area (Å²) < 4.78 is 18.5. The molecule has 1 amide bonds. The molecule has 1 aliphatic heterocycles. The maximum Gasteiger partial charge on any atom is 0.253 e. The lowest BCUT2D eigenvalue weighted by Gasteiger charge is -2.30. The Kier molecular flexibility index (Phi) is 4.90. The van der Waals surface area contributed by atoms with E-state index in [4.69, 9.17) is 16.1 Å². The number of hydrogen-bond donors (Lipinski definition) is 0. The Balaban J connectivity index is 1.41. The minimum atomic E-state index is -0.306. The summed E-state index contributed by atoms with van der Waals surface area (Å²) in [5.41, 5.74) is 1.30. The topological polar surface area (TPSA) is 59.2 Å². The summed E-state index contributed by atoms with van der Waals surface area (Å²) in [5.74, 6) is 0.786. The van der Waals surface area contributed by atoms with E-state index in [2.05, 4.69) is 10.1 Å². The normalized spacial score (nSPS) is 15.1. The Morgan fingerprint density at radius 2 is 1.89 bits per heavy atom. The molecule has 1 aliphatic rings. The molecule has 138 valence electrons. The fraction of sp³-hybridized carbons (Fsp3) is 0.250. The van der Waals surface area contributed by atoms with Crippen molar-refractivity contribution in [1.29, 1.82) is 0 Å². The van der Waals surface area contributed by atoms with Crippen LogP contribution in [0.15, 0.2) is 53.1 Å². The largest absolute Gasteiger partial charge is 0.339 e. The molecule has 3 aromatic rings. The quantitative estimate of drug-likeness (QED) is 0.663. The summed E-state index contributed by atoms with van der Waals surface area (Å²) in [5, 5.41) is 4.55. The number of carbonyl (C=O) groups excluding carboxylic acids is 1. The number of carbonyl (C=O) groups is 1. The molecule has 0 radical (unpaired) electrons. The van der Waals surface area contributed by atoms with Crippen LogP contribution in [0.3, 0.4) is 0 Å². The second-order valence-electron chi connectivity index (χ2n) is 6.54. The number of piperidine rings is 1. The van der Waals surface area contributed by atoms with Crippen molar-refractivity contribution >= 4 is 17.5 Å². The highest BCUT2D eigenvalue weighted by Gasteiger charge is 2.28. The van der Waals surface area contributed by atoms with Gasteiger partial charge in [0.1, 0.15) is 5.82 Å². The lowest BCUT2D eigenvalue weighted by molar-refractivity contribution is 0.0704. The van der Waals surface area contributed by atoms with Crippen LogP contribution in [0.1, 0.15) is 35.0 Å². The second kappa shape index (κ2) is 7.48. The Bertz CT molecular complexity index is 950. The fourth-order valence-electron chi connectivity index (χ4n) is 3.25. The van der Waals surface area contributed by atoms with E-state index in [1.54, 1.807) is 36.4 Å². The van der Waals surface area contributed by atoms with Gasteiger partial charge in [-0.3, -0.25) is 4.79 Å². The molecule has 4 rings (SSSR count). The summed E-state index contributed by atoms with van der Waals surface area (Å²) in [6.45, 7) is 1.23. The zero-order chi connectivity index (χ0) is 18.8. The monoisotopic (exact) mass is 385 g/mol. The van der Waals surface area contributed by atoms with Gasteiger partial charge in [0.15, 0.2) is 0 Å². The van der Waals surface area contributed by atoms with Gasteiger partial charge < -0.3 is 9.42 Å². The summed E-state index contributed by atoms with van der Waals surface area (Å²) in [6, 6.07) is 13.0. The van der Waals surface area contributed by atoms with E-state index >= 15 is 0 Å². The SMILES string of the molecule is O=C(c1cccc(Cl)c1)N1CCC(c2nc(-c3ccc(F)cc3)no2)CC1. The van der Waals surface area contributed by atoms with Gasteiger partial charge >= 0.3 is 0 Å². The molecule has 0 saturated carbocycles. The number of halogens is 2. The van der Waals surface area contributed by atoms with Crippen molar-refractivity contribution in [2.75, 3.05) is 13.1 Å². The van der Waals surface area contributed by atoms with Gasteiger partial charge in [-0.1, -0.05) is 22.8 Å². The van der Waals surface area contributed by atoms with Gasteiger partial charge in [-0.2, -0.15) is 4.98 Å². The maximum atomic E-state index is 13.0. The molecule has 0 atom stereocenters. The zero-order valence-electron chi connectivity index (χ0n) is 14.4. The Morgan fingerprint density at radius 1 is 1.15 bits per heavy atom. The van der Waals surface area contributed by atoms with Crippen LogP contribution in [-0.4, -0.2) is 34.0 Å². The average Bonchev–Trinajstić information content (AvgIpc) is 3.18.